The van der Waals surface area contributed by atoms with E-state index in [1.54, 1.807) is 0 Å². The lowest BCUT2D eigenvalue weighted by Crippen LogP contribution is -2.08. The van der Waals surface area contributed by atoms with Crippen molar-refractivity contribution in [2.75, 3.05) is 29.6 Å². The number of nitrogens with one attached hydrogen (secondary N) is 2. The molecule has 0 atom stereocenters. The average Bonchev–Trinajstić information content (AvgIpc) is 3.12. The van der Waals surface area contributed by atoms with E-state index >= 15 is 0 Å². The van der Waals surface area contributed by atoms with Crippen LogP contribution in [0, 0.1) is 6.92 Å². The first-order valence-corrected chi connectivity index (χ1v) is 10.7. The molecule has 0 spiro atoms. The number of benzene rings is 4. The Morgan fingerprint density at radius 3 is 1.81 bits per heavy atom. The molecule has 4 aromatic rings. The average molecular weight is 406 g/mol. The Kier molecular flexibility index (Phi) is 4.87. The third kappa shape index (κ3) is 3.99. The summed E-state index contributed by atoms with van der Waals surface area (Å²) in [7, 11) is 4.10. The van der Waals surface area contributed by atoms with Crippen molar-refractivity contribution in [3.05, 3.63) is 102 Å². The first-order chi connectivity index (χ1) is 15.0. The summed E-state index contributed by atoms with van der Waals surface area (Å²) in [6.07, 6.45) is 1.03. The zero-order chi connectivity index (χ0) is 21.4. The van der Waals surface area contributed by atoms with Crippen LogP contribution in [0.15, 0.2) is 84.9 Å². The number of aryl methyl sites for hydroxylation is 1. The minimum absolute atomic E-state index is 1.03. The smallest absolute Gasteiger partial charge is 0.0390 e. The van der Waals surface area contributed by atoms with Gasteiger partial charge in [-0.1, -0.05) is 29.8 Å². The molecule has 0 saturated carbocycles. The van der Waals surface area contributed by atoms with E-state index in [1.807, 2.05) is 0 Å². The van der Waals surface area contributed by atoms with Gasteiger partial charge < -0.3 is 15.5 Å². The molecular formula is C28H27N3. The van der Waals surface area contributed by atoms with Crippen LogP contribution in [0.3, 0.4) is 0 Å². The summed E-state index contributed by atoms with van der Waals surface area (Å²) in [4.78, 5) is 2.10. The maximum atomic E-state index is 3.55. The first-order valence-electron chi connectivity index (χ1n) is 10.7. The molecular weight excluding hydrogens is 378 g/mol. The normalized spacial score (nSPS) is 11.6. The van der Waals surface area contributed by atoms with E-state index < -0.39 is 0 Å². The van der Waals surface area contributed by atoms with Crippen LogP contribution in [0.25, 0.3) is 11.1 Å². The fourth-order valence-corrected chi connectivity index (χ4v) is 4.21. The molecule has 1 aliphatic carbocycles. The molecule has 3 nitrogen and oxygen atoms in total. The molecule has 4 aromatic carbocycles. The van der Waals surface area contributed by atoms with Gasteiger partial charge in [-0.25, -0.2) is 0 Å². The number of nitrogens with zero attached hydrogens (tertiary/aromatic N) is 1. The molecule has 0 fully saturated rings. The lowest BCUT2D eigenvalue weighted by molar-refractivity contribution is 1.13. The molecule has 3 heteroatoms. The highest BCUT2D eigenvalue weighted by Crippen LogP contribution is 2.39. The first kappa shape index (κ1) is 19.3. The van der Waals surface area contributed by atoms with Gasteiger partial charge in [-0.05, 0) is 96.3 Å². The Morgan fingerprint density at radius 2 is 1.16 bits per heavy atom. The summed E-state index contributed by atoms with van der Waals surface area (Å²) >= 11 is 0. The summed E-state index contributed by atoms with van der Waals surface area (Å²) in [5.74, 6) is 0. The summed E-state index contributed by atoms with van der Waals surface area (Å²) in [5.41, 5.74) is 12.4. The predicted octanol–water partition coefficient (Wildman–Crippen LogP) is 7.12. The van der Waals surface area contributed by atoms with Crippen LogP contribution in [-0.2, 0) is 6.42 Å². The third-order valence-corrected chi connectivity index (χ3v) is 5.89. The van der Waals surface area contributed by atoms with Crippen LogP contribution in [0.1, 0.15) is 16.7 Å². The van der Waals surface area contributed by atoms with Crippen LogP contribution in [0.4, 0.5) is 28.4 Å². The summed E-state index contributed by atoms with van der Waals surface area (Å²) in [6, 6.07) is 30.3. The van der Waals surface area contributed by atoms with E-state index in [0.717, 1.165) is 29.2 Å². The van der Waals surface area contributed by atoms with Crippen molar-refractivity contribution in [2.24, 2.45) is 0 Å². The number of hydrogen-bond donors (Lipinski definition) is 2. The van der Waals surface area contributed by atoms with Gasteiger partial charge in [-0.2, -0.15) is 0 Å². The van der Waals surface area contributed by atoms with Crippen LogP contribution >= 0.6 is 0 Å². The monoisotopic (exact) mass is 405 g/mol. The molecule has 0 bridgehead atoms. The second-order valence-electron chi connectivity index (χ2n) is 8.48. The van der Waals surface area contributed by atoms with E-state index in [0.29, 0.717) is 0 Å². The minimum atomic E-state index is 1.03. The molecule has 0 aliphatic heterocycles. The van der Waals surface area contributed by atoms with Crippen LogP contribution < -0.4 is 15.5 Å². The highest BCUT2D eigenvalue weighted by Gasteiger charge is 2.18. The standard InChI is InChI=1S/C28H27N3/c1-19-4-15-27-21(16-19)17-20-5-6-25(18-28(20)27)30-23-9-7-22(8-10-23)29-24-11-13-26(14-12-24)31(2)3/h4-16,18,29-30H,17H2,1-3H3. The topological polar surface area (TPSA) is 27.3 Å². The van der Waals surface area contributed by atoms with Crippen LogP contribution in [0.5, 0.6) is 0 Å². The molecule has 0 heterocycles. The molecule has 0 unspecified atom stereocenters. The van der Waals surface area contributed by atoms with Crippen molar-refractivity contribution in [1.82, 2.24) is 0 Å². The van der Waals surface area contributed by atoms with E-state index in [2.05, 4.69) is 121 Å². The van der Waals surface area contributed by atoms with E-state index in [4.69, 9.17) is 0 Å². The Bertz CT molecular complexity index is 1220. The Labute approximate surface area is 184 Å². The molecule has 0 radical (unpaired) electrons. The van der Waals surface area contributed by atoms with Gasteiger partial charge >= 0.3 is 0 Å². The summed E-state index contributed by atoms with van der Waals surface area (Å²) in [5, 5.41) is 7.02. The molecule has 5 rings (SSSR count). The molecule has 0 saturated heterocycles. The van der Waals surface area contributed by atoms with Crippen LogP contribution in [-0.4, -0.2) is 14.1 Å². The van der Waals surface area contributed by atoms with Crippen molar-refractivity contribution in [3.63, 3.8) is 0 Å². The maximum absolute atomic E-state index is 3.55. The lowest BCUT2D eigenvalue weighted by atomic mass is 10.0. The van der Waals surface area contributed by atoms with E-state index in [-0.39, 0.29) is 0 Å². The van der Waals surface area contributed by atoms with Crippen molar-refractivity contribution in [2.45, 2.75) is 13.3 Å². The van der Waals surface area contributed by atoms with Crippen LogP contribution in [0.2, 0.25) is 0 Å². The molecule has 2 N–H and O–H groups in total. The van der Waals surface area contributed by atoms with Crippen molar-refractivity contribution >= 4 is 28.4 Å². The Hall–Kier alpha value is -3.72. The highest BCUT2D eigenvalue weighted by molar-refractivity contribution is 5.81. The van der Waals surface area contributed by atoms with Gasteiger partial charge in [0.15, 0.2) is 0 Å². The fourth-order valence-electron chi connectivity index (χ4n) is 4.21. The summed E-state index contributed by atoms with van der Waals surface area (Å²) < 4.78 is 0. The second kappa shape index (κ2) is 7.84. The lowest BCUT2D eigenvalue weighted by Gasteiger charge is -2.14. The maximum Gasteiger partial charge on any atom is 0.0390 e. The molecule has 1 aliphatic rings. The fraction of sp³-hybridized carbons (Fsp3) is 0.143. The van der Waals surface area contributed by atoms with Gasteiger partial charge in [0, 0.05) is 42.5 Å². The van der Waals surface area contributed by atoms with Gasteiger partial charge in [0.1, 0.15) is 0 Å². The molecule has 0 amide bonds. The molecule has 154 valence electrons. The zero-order valence-corrected chi connectivity index (χ0v) is 18.2. The quantitative estimate of drug-likeness (QED) is 0.326. The Balaban J connectivity index is 1.29. The third-order valence-electron chi connectivity index (χ3n) is 5.89. The largest absolute Gasteiger partial charge is 0.378 e. The zero-order valence-electron chi connectivity index (χ0n) is 18.2. The highest BCUT2D eigenvalue weighted by atomic mass is 15.1. The summed E-state index contributed by atoms with van der Waals surface area (Å²) in [6.45, 7) is 2.16. The second-order valence-corrected chi connectivity index (χ2v) is 8.48. The number of fused-ring (bicyclic) bond motifs is 3. The van der Waals surface area contributed by atoms with Crippen molar-refractivity contribution in [3.8, 4) is 11.1 Å². The Morgan fingerprint density at radius 1 is 0.581 bits per heavy atom. The van der Waals surface area contributed by atoms with E-state index in [1.165, 1.54) is 33.5 Å². The van der Waals surface area contributed by atoms with Crippen molar-refractivity contribution < 1.29 is 0 Å². The number of anilines is 5. The van der Waals surface area contributed by atoms with E-state index in [9.17, 15) is 0 Å². The van der Waals surface area contributed by atoms with Gasteiger partial charge in [-0.15, -0.1) is 0 Å². The predicted molar refractivity (Wildman–Crippen MR) is 133 cm³/mol. The number of rotatable bonds is 5. The number of hydrogen-bond acceptors (Lipinski definition) is 3. The van der Waals surface area contributed by atoms with Gasteiger partial charge in [0.05, 0.1) is 0 Å². The minimum Gasteiger partial charge on any atom is -0.378 e. The molecule has 31 heavy (non-hydrogen) atoms. The SMILES string of the molecule is Cc1ccc2c(c1)Cc1ccc(Nc3ccc(Nc4ccc(N(C)C)cc4)cc3)cc1-2. The van der Waals surface area contributed by atoms with Gasteiger partial charge in [0.25, 0.3) is 0 Å². The molecule has 0 aromatic heterocycles. The van der Waals surface area contributed by atoms with Gasteiger partial charge in [-0.3, -0.25) is 0 Å². The van der Waals surface area contributed by atoms with Crippen molar-refractivity contribution in [1.29, 1.82) is 0 Å². The van der Waals surface area contributed by atoms with Gasteiger partial charge in [0.2, 0.25) is 0 Å².